The summed E-state index contributed by atoms with van der Waals surface area (Å²) >= 11 is 0. The fourth-order valence-electron chi connectivity index (χ4n) is 3.72. The number of hydrogen-bond donors (Lipinski definition) is 0. The van der Waals surface area contributed by atoms with Crippen LogP contribution in [0.2, 0.25) is 0 Å². The van der Waals surface area contributed by atoms with Gasteiger partial charge in [-0.05, 0) is 63.5 Å². The molecule has 1 fully saturated rings. The summed E-state index contributed by atoms with van der Waals surface area (Å²) in [7, 11) is 0. The molecule has 0 bridgehead atoms. The monoisotopic (exact) mass is 384 g/mol. The predicted molar refractivity (Wildman–Crippen MR) is 117 cm³/mol. The van der Waals surface area contributed by atoms with Crippen molar-refractivity contribution in [3.8, 4) is 0 Å². The first-order valence-electron chi connectivity index (χ1n) is 10.7. The molecule has 0 N–H and O–H groups in total. The molecule has 28 heavy (non-hydrogen) atoms. The molecule has 2 aliphatic rings. The van der Waals surface area contributed by atoms with Crippen molar-refractivity contribution in [1.82, 2.24) is 4.90 Å². The van der Waals surface area contributed by atoms with Gasteiger partial charge in [0.05, 0.1) is 5.71 Å². The van der Waals surface area contributed by atoms with Gasteiger partial charge in [-0.15, -0.1) is 0 Å². The Balaban J connectivity index is 2.08. The Morgan fingerprint density at radius 3 is 2.82 bits per heavy atom. The number of carbonyl (C=O) groups is 1. The average molecular weight is 385 g/mol. The smallest absolute Gasteiger partial charge is 0.272 e. The van der Waals surface area contributed by atoms with Gasteiger partial charge in [0.25, 0.3) is 5.91 Å². The minimum atomic E-state index is 0.0514. The standard InChI is InChI=1S/C24H36N2O2/c1-6-20-14-11-15-26(16-20)24(27)22(8-3)25-21(7-2)17-28-23-18(4)12-9-10-13-19(23)5/h8-9,12-13,20H,6-7,10-11,14-17H2,1-5H3/b22-8-,25-21?. The molecule has 4 heteroatoms. The van der Waals surface area contributed by atoms with E-state index in [9.17, 15) is 4.79 Å². The first-order valence-corrected chi connectivity index (χ1v) is 10.7. The number of ether oxygens (including phenoxy) is 1. The van der Waals surface area contributed by atoms with Gasteiger partial charge in [0.1, 0.15) is 18.1 Å². The van der Waals surface area contributed by atoms with Crippen LogP contribution in [0.1, 0.15) is 66.7 Å². The summed E-state index contributed by atoms with van der Waals surface area (Å²) in [6.07, 6.45) is 13.4. The largest absolute Gasteiger partial charge is 0.487 e. The third kappa shape index (κ3) is 5.95. The fraction of sp³-hybridized carbons (Fsp3) is 0.583. The Morgan fingerprint density at radius 2 is 2.14 bits per heavy atom. The van der Waals surface area contributed by atoms with Gasteiger partial charge < -0.3 is 9.64 Å². The summed E-state index contributed by atoms with van der Waals surface area (Å²) in [5, 5.41) is 0. The Labute approximate surface area is 170 Å². The number of rotatable bonds is 7. The van der Waals surface area contributed by atoms with E-state index in [4.69, 9.17) is 9.73 Å². The molecule has 154 valence electrons. The minimum absolute atomic E-state index is 0.0514. The second-order valence-electron chi connectivity index (χ2n) is 7.70. The first kappa shape index (κ1) is 22.2. The molecule has 1 saturated heterocycles. The number of allylic oxidation sites excluding steroid dienone is 6. The molecule has 0 saturated carbocycles. The lowest BCUT2D eigenvalue weighted by molar-refractivity contribution is -0.128. The van der Waals surface area contributed by atoms with Gasteiger partial charge in [-0.3, -0.25) is 4.79 Å². The van der Waals surface area contributed by atoms with Gasteiger partial charge >= 0.3 is 0 Å². The highest BCUT2D eigenvalue weighted by molar-refractivity contribution is 5.97. The molecule has 4 nitrogen and oxygen atoms in total. The summed E-state index contributed by atoms with van der Waals surface area (Å²) in [6, 6.07) is 0. The number of aliphatic imine (C=N–C) groups is 1. The summed E-state index contributed by atoms with van der Waals surface area (Å²) < 4.78 is 6.12. The number of amides is 1. The molecule has 1 atom stereocenters. The molecule has 1 unspecified atom stereocenters. The molecular weight excluding hydrogens is 348 g/mol. The van der Waals surface area contributed by atoms with E-state index in [1.807, 2.05) is 17.9 Å². The van der Waals surface area contributed by atoms with Gasteiger partial charge in [-0.1, -0.05) is 44.6 Å². The van der Waals surface area contributed by atoms with Crippen molar-refractivity contribution in [3.05, 3.63) is 46.9 Å². The van der Waals surface area contributed by atoms with Gasteiger partial charge in [-0.2, -0.15) is 0 Å². The number of hydrogen-bond acceptors (Lipinski definition) is 3. The zero-order valence-corrected chi connectivity index (χ0v) is 18.3. The molecule has 0 aromatic heterocycles. The number of likely N-dealkylation sites (tertiary alicyclic amines) is 1. The molecule has 0 spiro atoms. The lowest BCUT2D eigenvalue weighted by atomic mass is 9.95. The van der Waals surface area contributed by atoms with E-state index in [1.165, 1.54) is 6.42 Å². The van der Waals surface area contributed by atoms with Crippen molar-refractivity contribution < 1.29 is 9.53 Å². The highest BCUT2D eigenvalue weighted by Gasteiger charge is 2.24. The van der Waals surface area contributed by atoms with Gasteiger partial charge in [0.15, 0.2) is 0 Å². The van der Waals surface area contributed by atoms with Crippen molar-refractivity contribution >= 4 is 11.6 Å². The van der Waals surface area contributed by atoms with Crippen LogP contribution in [-0.4, -0.2) is 36.2 Å². The summed E-state index contributed by atoms with van der Waals surface area (Å²) in [4.78, 5) is 19.7. The molecule has 1 aliphatic heterocycles. The Hall–Kier alpha value is -2.10. The fourth-order valence-corrected chi connectivity index (χ4v) is 3.72. The topological polar surface area (TPSA) is 41.9 Å². The Bertz CT molecular complexity index is 710. The van der Waals surface area contributed by atoms with Crippen molar-refractivity contribution in [2.75, 3.05) is 19.7 Å². The van der Waals surface area contributed by atoms with E-state index >= 15 is 0 Å². The second kappa shape index (κ2) is 11.0. The summed E-state index contributed by atoms with van der Waals surface area (Å²) in [5.74, 6) is 1.59. The van der Waals surface area contributed by atoms with E-state index in [0.29, 0.717) is 18.2 Å². The molecule has 1 amide bonds. The first-order chi connectivity index (χ1) is 13.5. The zero-order valence-electron chi connectivity index (χ0n) is 18.3. The van der Waals surface area contributed by atoms with Crippen molar-refractivity contribution in [3.63, 3.8) is 0 Å². The van der Waals surface area contributed by atoms with E-state index in [2.05, 4.69) is 45.9 Å². The second-order valence-corrected chi connectivity index (χ2v) is 7.70. The number of piperidine rings is 1. The Morgan fingerprint density at radius 1 is 1.36 bits per heavy atom. The maximum Gasteiger partial charge on any atom is 0.272 e. The maximum atomic E-state index is 13.0. The molecule has 0 aromatic carbocycles. The van der Waals surface area contributed by atoms with E-state index < -0.39 is 0 Å². The van der Waals surface area contributed by atoms with Crippen molar-refractivity contribution in [2.45, 2.75) is 66.7 Å². The van der Waals surface area contributed by atoms with Gasteiger partial charge in [-0.25, -0.2) is 4.99 Å². The van der Waals surface area contributed by atoms with E-state index in [1.54, 1.807) is 0 Å². The Kier molecular flexibility index (Phi) is 8.75. The molecule has 1 heterocycles. The minimum Gasteiger partial charge on any atom is -0.487 e. The van der Waals surface area contributed by atoms with Crippen LogP contribution in [0.5, 0.6) is 0 Å². The number of carbonyl (C=O) groups excluding carboxylic acids is 1. The number of nitrogens with zero attached hydrogens (tertiary/aromatic N) is 2. The SMILES string of the molecule is C/C=C(\N=C(CC)COC1=C(C)C=CCC=C1C)C(=O)N1CCCC(CC)C1. The maximum absolute atomic E-state index is 13.0. The predicted octanol–water partition coefficient (Wildman–Crippen LogP) is 5.59. The molecule has 0 radical (unpaired) electrons. The normalized spacial score (nSPS) is 21.5. The van der Waals surface area contributed by atoms with E-state index in [-0.39, 0.29) is 5.91 Å². The highest BCUT2D eigenvalue weighted by Crippen LogP contribution is 2.22. The zero-order chi connectivity index (χ0) is 20.5. The van der Waals surface area contributed by atoms with E-state index in [0.717, 1.165) is 61.4 Å². The van der Waals surface area contributed by atoms with Crippen LogP contribution in [0.4, 0.5) is 0 Å². The van der Waals surface area contributed by atoms with Crippen LogP contribution < -0.4 is 0 Å². The van der Waals surface area contributed by atoms with Crippen LogP contribution in [0.25, 0.3) is 0 Å². The van der Waals surface area contributed by atoms with Gasteiger partial charge in [0, 0.05) is 13.1 Å². The van der Waals surface area contributed by atoms with Gasteiger partial charge in [0.2, 0.25) is 0 Å². The van der Waals surface area contributed by atoms with Crippen LogP contribution in [0.3, 0.4) is 0 Å². The van der Waals surface area contributed by atoms with Crippen molar-refractivity contribution in [2.24, 2.45) is 10.9 Å². The third-order valence-electron chi connectivity index (χ3n) is 5.59. The molecule has 0 aromatic rings. The van der Waals surface area contributed by atoms with Crippen LogP contribution >= 0.6 is 0 Å². The quantitative estimate of drug-likeness (QED) is 0.424. The summed E-state index contributed by atoms with van der Waals surface area (Å²) in [6.45, 7) is 12.4. The third-order valence-corrected chi connectivity index (χ3v) is 5.59. The molecule has 2 rings (SSSR count). The molecule has 1 aliphatic carbocycles. The average Bonchev–Trinajstić information content (AvgIpc) is 2.88. The van der Waals surface area contributed by atoms with Crippen LogP contribution in [-0.2, 0) is 9.53 Å². The highest BCUT2D eigenvalue weighted by atomic mass is 16.5. The lowest BCUT2D eigenvalue weighted by Crippen LogP contribution is -2.40. The summed E-state index contributed by atoms with van der Waals surface area (Å²) in [5.41, 5.74) is 3.71. The molecular formula is C24H36N2O2. The lowest BCUT2D eigenvalue weighted by Gasteiger charge is -2.32. The van der Waals surface area contributed by atoms with Crippen LogP contribution in [0.15, 0.2) is 51.9 Å². The van der Waals surface area contributed by atoms with Crippen LogP contribution in [0, 0.1) is 5.92 Å². The van der Waals surface area contributed by atoms with Crippen molar-refractivity contribution in [1.29, 1.82) is 0 Å².